The highest BCUT2D eigenvalue weighted by atomic mass is 32.2. The van der Waals surface area contributed by atoms with Gasteiger partial charge in [-0.2, -0.15) is 4.99 Å². The molecule has 0 aliphatic heterocycles. The summed E-state index contributed by atoms with van der Waals surface area (Å²) in [7, 11) is 0. The van der Waals surface area contributed by atoms with Crippen molar-refractivity contribution in [3.05, 3.63) is 23.0 Å². The van der Waals surface area contributed by atoms with E-state index in [2.05, 4.69) is 4.99 Å². The van der Waals surface area contributed by atoms with E-state index in [9.17, 15) is 9.59 Å². The largest absolute Gasteiger partial charge is 0.494 e. The standard InChI is InChI=1S/C15H18N2O3S2/c1-4-17-12-7-6-11(20-5-2)8-13(12)22-15(17)16-14(19)9-21-10(3)18/h6-8H,4-5,9H2,1-3H3. The van der Waals surface area contributed by atoms with Crippen LogP contribution in [0.25, 0.3) is 10.2 Å². The molecular weight excluding hydrogens is 320 g/mol. The maximum absolute atomic E-state index is 11.9. The number of amides is 1. The molecule has 118 valence electrons. The van der Waals surface area contributed by atoms with E-state index < -0.39 is 0 Å². The summed E-state index contributed by atoms with van der Waals surface area (Å²) in [5, 5.41) is -0.0791. The number of thiazole rings is 1. The summed E-state index contributed by atoms with van der Waals surface area (Å²) in [5.74, 6) is 0.598. The Balaban J connectivity index is 2.40. The second-order valence-electron chi connectivity index (χ2n) is 4.48. The number of carbonyl (C=O) groups excluding carboxylic acids is 2. The van der Waals surface area contributed by atoms with Crippen molar-refractivity contribution < 1.29 is 14.3 Å². The second-order valence-corrected chi connectivity index (χ2v) is 6.64. The molecule has 0 spiro atoms. The minimum absolute atomic E-state index is 0.0791. The maximum Gasteiger partial charge on any atom is 0.258 e. The molecule has 0 unspecified atom stereocenters. The Hall–Kier alpha value is -1.60. The van der Waals surface area contributed by atoms with Crippen LogP contribution in [0.15, 0.2) is 23.2 Å². The van der Waals surface area contributed by atoms with E-state index >= 15 is 0 Å². The Bertz CT molecular complexity index is 762. The first-order valence-electron chi connectivity index (χ1n) is 7.02. The van der Waals surface area contributed by atoms with Crippen molar-refractivity contribution in [1.29, 1.82) is 0 Å². The van der Waals surface area contributed by atoms with E-state index in [-0.39, 0.29) is 16.8 Å². The first kappa shape index (κ1) is 16.8. The topological polar surface area (TPSA) is 60.7 Å². The third kappa shape index (κ3) is 3.98. The number of rotatable bonds is 5. The minimum atomic E-state index is -0.293. The Morgan fingerprint density at radius 3 is 2.77 bits per heavy atom. The molecule has 0 fully saturated rings. The molecule has 0 atom stereocenters. The van der Waals surface area contributed by atoms with Gasteiger partial charge in [-0.15, -0.1) is 0 Å². The predicted octanol–water partition coefficient (Wildman–Crippen LogP) is 2.83. The highest BCUT2D eigenvalue weighted by Gasteiger charge is 2.08. The Kier molecular flexibility index (Phi) is 5.79. The number of benzene rings is 1. The molecule has 7 heteroatoms. The van der Waals surface area contributed by atoms with E-state index in [1.165, 1.54) is 18.3 Å². The van der Waals surface area contributed by atoms with Gasteiger partial charge in [0.2, 0.25) is 0 Å². The van der Waals surface area contributed by atoms with Crippen LogP contribution >= 0.6 is 23.1 Å². The van der Waals surface area contributed by atoms with Gasteiger partial charge in [0, 0.05) is 13.5 Å². The van der Waals surface area contributed by atoms with Crippen molar-refractivity contribution in [3.8, 4) is 5.75 Å². The zero-order valence-electron chi connectivity index (χ0n) is 12.8. The van der Waals surface area contributed by atoms with E-state index in [0.717, 1.165) is 34.3 Å². The molecule has 0 N–H and O–H groups in total. The SMILES string of the molecule is CCOc1ccc2c(c1)sc(=NC(=O)CSC(C)=O)n2CC. The molecule has 0 radical (unpaired) electrons. The molecular formula is C15H18N2O3S2. The molecule has 0 bridgehead atoms. The van der Waals surface area contributed by atoms with Crippen molar-refractivity contribution in [2.45, 2.75) is 27.3 Å². The van der Waals surface area contributed by atoms with Crippen LogP contribution in [0.2, 0.25) is 0 Å². The first-order valence-corrected chi connectivity index (χ1v) is 8.82. The van der Waals surface area contributed by atoms with Gasteiger partial charge in [-0.25, -0.2) is 0 Å². The molecule has 1 aromatic carbocycles. The molecule has 0 saturated carbocycles. The summed E-state index contributed by atoms with van der Waals surface area (Å²) in [6, 6.07) is 5.86. The van der Waals surface area contributed by atoms with Crippen LogP contribution in [-0.2, 0) is 16.1 Å². The van der Waals surface area contributed by atoms with Crippen LogP contribution in [0.4, 0.5) is 0 Å². The van der Waals surface area contributed by atoms with E-state index in [0.29, 0.717) is 11.4 Å². The Morgan fingerprint density at radius 1 is 1.36 bits per heavy atom. The number of aryl methyl sites for hydroxylation is 1. The number of aromatic nitrogens is 1. The van der Waals surface area contributed by atoms with E-state index in [1.807, 2.05) is 36.6 Å². The van der Waals surface area contributed by atoms with E-state index in [1.54, 1.807) is 0 Å². The fourth-order valence-electron chi connectivity index (χ4n) is 2.00. The van der Waals surface area contributed by atoms with Gasteiger partial charge in [0.15, 0.2) is 9.92 Å². The molecule has 1 heterocycles. The van der Waals surface area contributed by atoms with Crippen LogP contribution in [0.5, 0.6) is 5.75 Å². The molecule has 0 saturated heterocycles. The number of hydrogen-bond acceptors (Lipinski definition) is 5. The van der Waals surface area contributed by atoms with Gasteiger partial charge in [0.05, 0.1) is 22.6 Å². The number of fused-ring (bicyclic) bond motifs is 1. The quantitative estimate of drug-likeness (QED) is 0.841. The third-order valence-corrected chi connectivity index (χ3v) is 4.74. The average Bonchev–Trinajstić information content (AvgIpc) is 2.81. The Morgan fingerprint density at radius 2 is 2.14 bits per heavy atom. The molecule has 0 aliphatic rings. The number of hydrogen-bond donors (Lipinski definition) is 0. The summed E-state index contributed by atoms with van der Waals surface area (Å²) < 4.78 is 8.52. The van der Waals surface area contributed by atoms with Crippen molar-refractivity contribution in [1.82, 2.24) is 4.57 Å². The summed E-state index contributed by atoms with van der Waals surface area (Å²) >= 11 is 2.43. The zero-order valence-corrected chi connectivity index (χ0v) is 14.4. The van der Waals surface area contributed by atoms with Crippen LogP contribution < -0.4 is 9.54 Å². The lowest BCUT2D eigenvalue weighted by Gasteiger charge is -2.03. The van der Waals surface area contributed by atoms with Crippen molar-refractivity contribution in [2.24, 2.45) is 4.99 Å². The van der Waals surface area contributed by atoms with Gasteiger partial charge in [-0.3, -0.25) is 9.59 Å². The summed E-state index contributed by atoms with van der Waals surface area (Å²) in [5.41, 5.74) is 1.03. The molecule has 5 nitrogen and oxygen atoms in total. The third-order valence-electron chi connectivity index (χ3n) is 2.90. The molecule has 0 aliphatic carbocycles. The summed E-state index contributed by atoms with van der Waals surface area (Å²) in [6.07, 6.45) is 0. The number of carbonyl (C=O) groups is 2. The summed E-state index contributed by atoms with van der Waals surface area (Å²) in [6.45, 7) is 6.73. The highest BCUT2D eigenvalue weighted by molar-refractivity contribution is 8.14. The van der Waals surface area contributed by atoms with Gasteiger partial charge in [-0.05, 0) is 32.0 Å². The van der Waals surface area contributed by atoms with Crippen LogP contribution in [0.1, 0.15) is 20.8 Å². The first-order chi connectivity index (χ1) is 10.5. The van der Waals surface area contributed by atoms with Crippen LogP contribution in [0, 0.1) is 0 Å². The normalized spacial score (nSPS) is 11.9. The fourth-order valence-corrected chi connectivity index (χ4v) is 3.53. The second kappa shape index (κ2) is 7.60. The minimum Gasteiger partial charge on any atom is -0.494 e. The lowest BCUT2D eigenvalue weighted by Crippen LogP contribution is -2.16. The van der Waals surface area contributed by atoms with Crippen LogP contribution in [-0.4, -0.2) is 27.9 Å². The van der Waals surface area contributed by atoms with Gasteiger partial charge in [-0.1, -0.05) is 23.1 Å². The van der Waals surface area contributed by atoms with Crippen LogP contribution in [0.3, 0.4) is 0 Å². The molecule has 2 rings (SSSR count). The van der Waals surface area contributed by atoms with Gasteiger partial charge in [0.25, 0.3) is 5.91 Å². The maximum atomic E-state index is 11.9. The van der Waals surface area contributed by atoms with Crippen molar-refractivity contribution in [3.63, 3.8) is 0 Å². The number of thioether (sulfide) groups is 1. The number of nitrogens with zero attached hydrogens (tertiary/aromatic N) is 2. The molecule has 1 amide bonds. The van der Waals surface area contributed by atoms with Crippen molar-refractivity contribution >= 4 is 44.3 Å². The zero-order chi connectivity index (χ0) is 16.1. The van der Waals surface area contributed by atoms with E-state index in [4.69, 9.17) is 4.74 Å². The monoisotopic (exact) mass is 338 g/mol. The van der Waals surface area contributed by atoms with Gasteiger partial charge < -0.3 is 9.30 Å². The average molecular weight is 338 g/mol. The number of ether oxygens (including phenoxy) is 1. The predicted molar refractivity (Wildman–Crippen MR) is 90.4 cm³/mol. The van der Waals surface area contributed by atoms with Gasteiger partial charge in [0.1, 0.15) is 5.75 Å². The lowest BCUT2D eigenvalue weighted by atomic mass is 10.3. The molecule has 2 aromatic rings. The Labute approximate surface area is 137 Å². The molecule has 22 heavy (non-hydrogen) atoms. The van der Waals surface area contributed by atoms with Crippen molar-refractivity contribution in [2.75, 3.05) is 12.4 Å². The highest BCUT2D eigenvalue weighted by Crippen LogP contribution is 2.23. The summed E-state index contributed by atoms with van der Waals surface area (Å²) in [4.78, 5) is 27.6. The van der Waals surface area contributed by atoms with Gasteiger partial charge >= 0.3 is 0 Å². The fraction of sp³-hybridized carbons (Fsp3) is 0.400. The molecule has 1 aromatic heterocycles. The lowest BCUT2D eigenvalue weighted by molar-refractivity contribution is -0.116. The smallest absolute Gasteiger partial charge is 0.258 e.